The minimum Gasteiger partial charge on any atom is -0.396 e. The maximum Gasteiger partial charge on any atom is 0.123 e. The van der Waals surface area contributed by atoms with Crippen LogP contribution in [-0.4, -0.2) is 45.5 Å². The summed E-state index contributed by atoms with van der Waals surface area (Å²) in [5, 5.41) is 14.3. The summed E-state index contributed by atoms with van der Waals surface area (Å²) < 4.78 is 15.4. The van der Waals surface area contributed by atoms with Crippen molar-refractivity contribution in [2.24, 2.45) is 5.41 Å². The molecule has 0 amide bonds. The van der Waals surface area contributed by atoms with Crippen molar-refractivity contribution in [1.82, 2.24) is 14.7 Å². The summed E-state index contributed by atoms with van der Waals surface area (Å²) in [5.74, 6) is -0.199. The van der Waals surface area contributed by atoms with E-state index in [-0.39, 0.29) is 17.8 Å². The topological polar surface area (TPSA) is 41.3 Å². The third-order valence-electron chi connectivity index (χ3n) is 5.62. The Balaban J connectivity index is 1.53. The van der Waals surface area contributed by atoms with Gasteiger partial charge in [-0.05, 0) is 74.9 Å². The van der Waals surface area contributed by atoms with Crippen molar-refractivity contribution in [2.45, 2.75) is 45.2 Å². The van der Waals surface area contributed by atoms with E-state index < -0.39 is 0 Å². The van der Waals surface area contributed by atoms with E-state index in [1.807, 2.05) is 29.2 Å². The summed E-state index contributed by atoms with van der Waals surface area (Å²) >= 11 is 0. The zero-order valence-electron chi connectivity index (χ0n) is 14.9. The Morgan fingerprint density at radius 1 is 1.28 bits per heavy atom. The summed E-state index contributed by atoms with van der Waals surface area (Å²) in [7, 11) is 0. The van der Waals surface area contributed by atoms with E-state index in [9.17, 15) is 9.50 Å². The third-order valence-corrected chi connectivity index (χ3v) is 5.62. The summed E-state index contributed by atoms with van der Waals surface area (Å²) in [5.41, 5.74) is 0.862. The fourth-order valence-electron chi connectivity index (χ4n) is 3.84. The second-order valence-corrected chi connectivity index (χ2v) is 7.41. The fraction of sp³-hybridized carbons (Fsp3) is 0.550. The molecule has 2 aromatic rings. The number of hydrogen-bond donors (Lipinski definition) is 1. The molecule has 4 nitrogen and oxygen atoms in total. The van der Waals surface area contributed by atoms with Gasteiger partial charge in [-0.15, -0.1) is 0 Å². The molecule has 1 aliphatic heterocycles. The maximum atomic E-state index is 13.4. The first-order valence-electron chi connectivity index (χ1n) is 9.17. The SMILES string of the molecule is CC(CCn1cccn1)N1CCC(CO)(Cc2cccc(F)c2)CC1. The van der Waals surface area contributed by atoms with Gasteiger partial charge in [0.25, 0.3) is 0 Å². The molecule has 1 unspecified atom stereocenters. The van der Waals surface area contributed by atoms with Crippen LogP contribution in [0.1, 0.15) is 31.7 Å². The number of aryl methyl sites for hydroxylation is 1. The van der Waals surface area contributed by atoms with Crippen molar-refractivity contribution in [3.63, 3.8) is 0 Å². The number of aliphatic hydroxyl groups is 1. The van der Waals surface area contributed by atoms with Crippen molar-refractivity contribution in [3.05, 3.63) is 54.1 Å². The molecule has 5 heteroatoms. The number of rotatable bonds is 7. The lowest BCUT2D eigenvalue weighted by Gasteiger charge is -2.43. The molecule has 1 N–H and O–H groups in total. The van der Waals surface area contributed by atoms with Gasteiger partial charge < -0.3 is 10.0 Å². The number of piperidine rings is 1. The monoisotopic (exact) mass is 345 g/mol. The van der Waals surface area contributed by atoms with E-state index in [4.69, 9.17) is 0 Å². The van der Waals surface area contributed by atoms with E-state index in [1.54, 1.807) is 12.1 Å². The van der Waals surface area contributed by atoms with Crippen molar-refractivity contribution < 1.29 is 9.50 Å². The molecule has 136 valence electrons. The minimum absolute atomic E-state index is 0.119. The zero-order chi connectivity index (χ0) is 17.7. The Hall–Kier alpha value is -1.72. The molecule has 1 aromatic carbocycles. The molecule has 1 aromatic heterocycles. The van der Waals surface area contributed by atoms with Crippen LogP contribution >= 0.6 is 0 Å². The maximum absolute atomic E-state index is 13.4. The van der Waals surface area contributed by atoms with Crippen LogP contribution < -0.4 is 0 Å². The Labute approximate surface area is 149 Å². The number of aliphatic hydroxyl groups excluding tert-OH is 1. The van der Waals surface area contributed by atoms with Crippen LogP contribution in [0.4, 0.5) is 4.39 Å². The standard InChI is InChI=1S/C20H28FN3O/c1-17(6-11-24-10-3-9-22-24)23-12-7-20(16-25,8-13-23)15-18-4-2-5-19(21)14-18/h2-5,9-10,14,17,25H,6-8,11-13,15-16H2,1H3. The van der Waals surface area contributed by atoms with Crippen LogP contribution in [-0.2, 0) is 13.0 Å². The number of halogens is 1. The summed E-state index contributed by atoms with van der Waals surface area (Å²) in [6, 6.07) is 9.22. The first-order valence-corrected chi connectivity index (χ1v) is 9.17. The predicted octanol–water partition coefficient (Wildman–Crippen LogP) is 3.12. The molecule has 0 saturated carbocycles. The van der Waals surface area contributed by atoms with Gasteiger partial charge in [-0.2, -0.15) is 5.10 Å². The average molecular weight is 345 g/mol. The lowest BCUT2D eigenvalue weighted by Crippen LogP contribution is -2.46. The molecule has 3 rings (SSSR count). The largest absolute Gasteiger partial charge is 0.396 e. The molecule has 0 bridgehead atoms. The molecule has 2 heterocycles. The summed E-state index contributed by atoms with van der Waals surface area (Å²) in [4.78, 5) is 2.50. The van der Waals surface area contributed by atoms with Gasteiger partial charge in [0, 0.05) is 31.6 Å². The van der Waals surface area contributed by atoms with Crippen molar-refractivity contribution >= 4 is 0 Å². The van der Waals surface area contributed by atoms with E-state index >= 15 is 0 Å². The first kappa shape index (κ1) is 18.1. The van der Waals surface area contributed by atoms with Crippen molar-refractivity contribution in [3.8, 4) is 0 Å². The lowest BCUT2D eigenvalue weighted by atomic mass is 9.74. The number of aromatic nitrogens is 2. The molecule has 1 atom stereocenters. The van der Waals surface area contributed by atoms with Crippen LogP contribution in [0, 0.1) is 11.2 Å². The van der Waals surface area contributed by atoms with Crippen LogP contribution in [0.3, 0.4) is 0 Å². The van der Waals surface area contributed by atoms with Gasteiger partial charge in [0.2, 0.25) is 0 Å². The van der Waals surface area contributed by atoms with Gasteiger partial charge in [-0.25, -0.2) is 4.39 Å². The molecule has 25 heavy (non-hydrogen) atoms. The minimum atomic E-state index is -0.199. The van der Waals surface area contributed by atoms with Crippen LogP contribution in [0.5, 0.6) is 0 Å². The Morgan fingerprint density at radius 2 is 2.08 bits per heavy atom. The van der Waals surface area contributed by atoms with E-state index in [2.05, 4.69) is 16.9 Å². The number of nitrogens with zero attached hydrogens (tertiary/aromatic N) is 3. The predicted molar refractivity (Wildman–Crippen MR) is 96.7 cm³/mol. The molecular formula is C20H28FN3O. The third kappa shape index (κ3) is 4.67. The lowest BCUT2D eigenvalue weighted by molar-refractivity contribution is 0.0279. The highest BCUT2D eigenvalue weighted by Gasteiger charge is 2.35. The first-order chi connectivity index (χ1) is 12.1. The normalized spacial score (nSPS) is 19.0. The quantitative estimate of drug-likeness (QED) is 0.838. The average Bonchev–Trinajstić information content (AvgIpc) is 3.14. The summed E-state index contributed by atoms with van der Waals surface area (Å²) in [6.45, 7) is 5.33. The smallest absolute Gasteiger partial charge is 0.123 e. The van der Waals surface area contributed by atoms with Gasteiger partial charge in [-0.1, -0.05) is 12.1 Å². The van der Waals surface area contributed by atoms with Gasteiger partial charge in [0.15, 0.2) is 0 Å². The number of likely N-dealkylation sites (tertiary alicyclic amines) is 1. The van der Waals surface area contributed by atoms with E-state index in [0.29, 0.717) is 6.04 Å². The Kier molecular flexibility index (Phi) is 5.86. The van der Waals surface area contributed by atoms with E-state index in [1.165, 1.54) is 6.07 Å². The fourth-order valence-corrected chi connectivity index (χ4v) is 3.84. The van der Waals surface area contributed by atoms with Crippen molar-refractivity contribution in [1.29, 1.82) is 0 Å². The highest BCUT2D eigenvalue weighted by atomic mass is 19.1. The molecule has 1 fully saturated rings. The van der Waals surface area contributed by atoms with Gasteiger partial charge in [-0.3, -0.25) is 4.68 Å². The van der Waals surface area contributed by atoms with Crippen LogP contribution in [0.15, 0.2) is 42.7 Å². The molecule has 0 spiro atoms. The molecule has 1 saturated heterocycles. The number of hydrogen-bond acceptors (Lipinski definition) is 3. The zero-order valence-corrected chi connectivity index (χ0v) is 14.9. The van der Waals surface area contributed by atoms with Crippen molar-refractivity contribution in [2.75, 3.05) is 19.7 Å². The Bertz CT molecular complexity index is 651. The number of benzene rings is 1. The molecule has 1 aliphatic rings. The Morgan fingerprint density at radius 3 is 2.72 bits per heavy atom. The molecular weight excluding hydrogens is 317 g/mol. The van der Waals surface area contributed by atoms with Gasteiger partial charge in [0.05, 0.1) is 0 Å². The highest BCUT2D eigenvalue weighted by molar-refractivity contribution is 5.18. The molecule has 0 aliphatic carbocycles. The summed E-state index contributed by atoms with van der Waals surface area (Å²) in [6.07, 6.45) is 7.53. The molecule has 0 radical (unpaired) electrons. The van der Waals surface area contributed by atoms with Crippen LogP contribution in [0.2, 0.25) is 0 Å². The second kappa shape index (κ2) is 8.11. The second-order valence-electron chi connectivity index (χ2n) is 7.41. The van der Waals surface area contributed by atoms with Gasteiger partial charge >= 0.3 is 0 Å². The van der Waals surface area contributed by atoms with Gasteiger partial charge in [0.1, 0.15) is 5.82 Å². The highest BCUT2D eigenvalue weighted by Crippen LogP contribution is 2.35. The van der Waals surface area contributed by atoms with Crippen LogP contribution in [0.25, 0.3) is 0 Å². The van der Waals surface area contributed by atoms with E-state index in [0.717, 1.165) is 50.9 Å².